The Labute approximate surface area is 194 Å². The topological polar surface area (TPSA) is 59.8 Å². The fourth-order valence-electron chi connectivity index (χ4n) is 3.24. The number of anilines is 1. The molecule has 0 bridgehead atoms. The van der Waals surface area contributed by atoms with Crippen LogP contribution in [-0.2, 0) is 0 Å². The minimum Gasteiger partial charge on any atom is -0.319 e. The van der Waals surface area contributed by atoms with Gasteiger partial charge in [0.1, 0.15) is 0 Å². The van der Waals surface area contributed by atoms with E-state index in [4.69, 9.17) is 11.6 Å². The van der Waals surface area contributed by atoms with Crippen molar-refractivity contribution in [2.45, 2.75) is 20.8 Å². The Morgan fingerprint density at radius 1 is 1.00 bits per heavy atom. The third-order valence-corrected chi connectivity index (χ3v) is 5.93. The second-order valence-electron chi connectivity index (χ2n) is 7.31. The Kier molecular flexibility index (Phi) is 5.94. The molecular weight excluding hydrogens is 476 g/mol. The van der Waals surface area contributed by atoms with Gasteiger partial charge in [0.2, 0.25) is 5.82 Å². The van der Waals surface area contributed by atoms with Crippen LogP contribution in [0.4, 0.5) is 5.69 Å². The summed E-state index contributed by atoms with van der Waals surface area (Å²) in [6.07, 6.45) is 0. The third kappa shape index (κ3) is 4.40. The van der Waals surface area contributed by atoms with E-state index in [1.807, 2.05) is 81.4 Å². The first-order valence-electron chi connectivity index (χ1n) is 9.70. The smallest absolute Gasteiger partial charge is 0.295 e. The van der Waals surface area contributed by atoms with E-state index in [1.54, 1.807) is 4.68 Å². The number of aryl methyl sites for hydroxylation is 2. The standard InChI is InChI=1S/C24H20BrClN4O/c1-14-5-4-6-20(16(14)3)27-24(31)22-28-23(17-8-10-18(25)11-9-17)30(29-22)21-13-19(26)12-7-15(21)2/h4-13H,1-3H3,(H,27,31). The lowest BCUT2D eigenvalue weighted by Gasteiger charge is -2.10. The maximum Gasteiger partial charge on any atom is 0.295 e. The van der Waals surface area contributed by atoms with Crippen LogP contribution in [0.25, 0.3) is 17.1 Å². The lowest BCUT2D eigenvalue weighted by atomic mass is 10.1. The maximum atomic E-state index is 13.0. The molecule has 0 fully saturated rings. The molecule has 1 aromatic heterocycles. The van der Waals surface area contributed by atoms with Crippen LogP contribution in [0.1, 0.15) is 27.3 Å². The van der Waals surface area contributed by atoms with Gasteiger partial charge in [0, 0.05) is 20.7 Å². The van der Waals surface area contributed by atoms with E-state index < -0.39 is 0 Å². The second kappa shape index (κ2) is 8.65. The van der Waals surface area contributed by atoms with Gasteiger partial charge >= 0.3 is 0 Å². The summed E-state index contributed by atoms with van der Waals surface area (Å²) in [6.45, 7) is 5.94. The lowest BCUT2D eigenvalue weighted by molar-refractivity contribution is 0.101. The molecule has 4 aromatic rings. The SMILES string of the molecule is Cc1ccc(Cl)cc1-n1nc(C(=O)Nc2cccc(C)c2C)nc1-c1ccc(Br)cc1. The monoisotopic (exact) mass is 494 g/mol. The molecule has 0 radical (unpaired) electrons. The van der Waals surface area contributed by atoms with Gasteiger partial charge in [-0.05, 0) is 67.8 Å². The van der Waals surface area contributed by atoms with Crippen molar-refractivity contribution in [3.05, 3.63) is 92.7 Å². The van der Waals surface area contributed by atoms with Crippen molar-refractivity contribution < 1.29 is 4.79 Å². The Bertz CT molecular complexity index is 1280. The van der Waals surface area contributed by atoms with Crippen LogP contribution in [0.15, 0.2) is 65.1 Å². The number of nitrogens with zero attached hydrogens (tertiary/aromatic N) is 3. The molecule has 0 aliphatic heterocycles. The van der Waals surface area contributed by atoms with Gasteiger partial charge in [-0.1, -0.05) is 57.9 Å². The molecule has 0 unspecified atom stereocenters. The first-order valence-corrected chi connectivity index (χ1v) is 10.9. The summed E-state index contributed by atoms with van der Waals surface area (Å²) in [5.41, 5.74) is 5.42. The van der Waals surface area contributed by atoms with Crippen LogP contribution in [-0.4, -0.2) is 20.7 Å². The van der Waals surface area contributed by atoms with E-state index >= 15 is 0 Å². The van der Waals surface area contributed by atoms with Crippen LogP contribution in [0.3, 0.4) is 0 Å². The zero-order chi connectivity index (χ0) is 22.1. The summed E-state index contributed by atoms with van der Waals surface area (Å²) in [7, 11) is 0. The fraction of sp³-hybridized carbons (Fsp3) is 0.125. The van der Waals surface area contributed by atoms with Crippen molar-refractivity contribution in [2.75, 3.05) is 5.32 Å². The van der Waals surface area contributed by atoms with E-state index in [-0.39, 0.29) is 11.7 Å². The number of amides is 1. The zero-order valence-electron chi connectivity index (χ0n) is 17.3. The van der Waals surface area contributed by atoms with Crippen LogP contribution in [0.5, 0.6) is 0 Å². The number of benzene rings is 3. The Balaban J connectivity index is 1.81. The lowest BCUT2D eigenvalue weighted by Crippen LogP contribution is -2.15. The molecule has 0 spiro atoms. The van der Waals surface area contributed by atoms with Crippen LogP contribution < -0.4 is 5.32 Å². The van der Waals surface area contributed by atoms with Crippen molar-refractivity contribution >= 4 is 39.1 Å². The van der Waals surface area contributed by atoms with Gasteiger partial charge in [-0.2, -0.15) is 0 Å². The summed E-state index contributed by atoms with van der Waals surface area (Å²) in [5, 5.41) is 8.07. The van der Waals surface area contributed by atoms with E-state index in [1.165, 1.54) is 0 Å². The quantitative estimate of drug-likeness (QED) is 0.350. The van der Waals surface area contributed by atoms with Crippen molar-refractivity contribution in [2.24, 2.45) is 0 Å². The average molecular weight is 496 g/mol. The molecule has 0 saturated heterocycles. The molecule has 3 aromatic carbocycles. The van der Waals surface area contributed by atoms with Gasteiger partial charge in [0.15, 0.2) is 5.82 Å². The Morgan fingerprint density at radius 3 is 2.48 bits per heavy atom. The normalized spacial score (nSPS) is 10.9. The molecule has 31 heavy (non-hydrogen) atoms. The van der Waals surface area contributed by atoms with Gasteiger partial charge in [-0.15, -0.1) is 5.10 Å². The zero-order valence-corrected chi connectivity index (χ0v) is 19.6. The third-order valence-electron chi connectivity index (χ3n) is 5.16. The highest BCUT2D eigenvalue weighted by molar-refractivity contribution is 9.10. The van der Waals surface area contributed by atoms with E-state index in [2.05, 4.69) is 31.3 Å². The fourth-order valence-corrected chi connectivity index (χ4v) is 3.67. The van der Waals surface area contributed by atoms with Crippen LogP contribution in [0, 0.1) is 20.8 Å². The largest absolute Gasteiger partial charge is 0.319 e. The molecule has 4 rings (SSSR count). The number of aromatic nitrogens is 3. The van der Waals surface area contributed by atoms with Gasteiger partial charge in [0.05, 0.1) is 5.69 Å². The number of carbonyl (C=O) groups is 1. The number of rotatable bonds is 4. The molecular formula is C24H20BrClN4O. The van der Waals surface area contributed by atoms with Crippen molar-refractivity contribution in [1.29, 1.82) is 0 Å². The predicted octanol–water partition coefficient (Wildman–Crippen LogP) is 6.53. The predicted molar refractivity (Wildman–Crippen MR) is 128 cm³/mol. The van der Waals surface area contributed by atoms with Crippen molar-refractivity contribution in [3.8, 4) is 17.1 Å². The first kappa shape index (κ1) is 21.3. The highest BCUT2D eigenvalue weighted by Crippen LogP contribution is 2.27. The molecule has 1 amide bonds. The van der Waals surface area contributed by atoms with Gasteiger partial charge in [-0.3, -0.25) is 4.79 Å². The number of hydrogen-bond acceptors (Lipinski definition) is 3. The number of hydrogen-bond donors (Lipinski definition) is 1. The second-order valence-corrected chi connectivity index (χ2v) is 8.66. The average Bonchev–Trinajstić information content (AvgIpc) is 3.19. The van der Waals surface area contributed by atoms with E-state index in [0.717, 1.165) is 38.1 Å². The molecule has 5 nitrogen and oxygen atoms in total. The summed E-state index contributed by atoms with van der Waals surface area (Å²) in [6, 6.07) is 19.1. The van der Waals surface area contributed by atoms with Crippen LogP contribution in [0.2, 0.25) is 5.02 Å². The van der Waals surface area contributed by atoms with Gasteiger partial charge in [-0.25, -0.2) is 9.67 Å². The van der Waals surface area contributed by atoms with Crippen molar-refractivity contribution in [3.63, 3.8) is 0 Å². The molecule has 0 atom stereocenters. The Morgan fingerprint density at radius 2 is 1.74 bits per heavy atom. The summed E-state index contributed by atoms with van der Waals surface area (Å²) < 4.78 is 2.62. The minimum atomic E-state index is -0.370. The molecule has 1 N–H and O–H groups in total. The van der Waals surface area contributed by atoms with Crippen LogP contribution >= 0.6 is 27.5 Å². The highest BCUT2D eigenvalue weighted by Gasteiger charge is 2.20. The summed E-state index contributed by atoms with van der Waals surface area (Å²) in [4.78, 5) is 17.6. The van der Waals surface area contributed by atoms with E-state index in [0.29, 0.717) is 10.8 Å². The molecule has 0 aliphatic carbocycles. The minimum absolute atomic E-state index is 0.0817. The number of nitrogens with one attached hydrogen (secondary N) is 1. The number of carbonyl (C=O) groups excluding carboxylic acids is 1. The number of halogens is 2. The molecule has 0 saturated carbocycles. The summed E-state index contributed by atoms with van der Waals surface area (Å²) in [5.74, 6) is 0.271. The van der Waals surface area contributed by atoms with E-state index in [9.17, 15) is 4.79 Å². The summed E-state index contributed by atoms with van der Waals surface area (Å²) >= 11 is 9.70. The van der Waals surface area contributed by atoms with Crippen molar-refractivity contribution in [1.82, 2.24) is 14.8 Å². The molecule has 1 heterocycles. The molecule has 156 valence electrons. The van der Waals surface area contributed by atoms with Gasteiger partial charge < -0.3 is 5.32 Å². The maximum absolute atomic E-state index is 13.0. The highest BCUT2D eigenvalue weighted by atomic mass is 79.9. The first-order chi connectivity index (χ1) is 14.8. The molecule has 7 heteroatoms. The molecule has 0 aliphatic rings. The Hall–Kier alpha value is -2.96. The van der Waals surface area contributed by atoms with Gasteiger partial charge in [0.25, 0.3) is 5.91 Å².